The molecule has 0 fully saturated rings. The molecular weight excluding hydrogens is 264 g/mol. The van der Waals surface area contributed by atoms with Crippen LogP contribution < -0.4 is 9.47 Å². The molecule has 0 aliphatic heterocycles. The lowest BCUT2D eigenvalue weighted by molar-refractivity contribution is 0.0989. The molecule has 3 heteroatoms. The van der Waals surface area contributed by atoms with E-state index in [1.807, 2.05) is 12.1 Å². The summed E-state index contributed by atoms with van der Waals surface area (Å²) in [6, 6.07) is 11.4. The molecule has 0 radical (unpaired) electrons. The standard InChI is InChI=1S/C18H20O3/c1-12-8-9-14(10-13(12)2)11-16(19)15-6-5-7-17(20-3)18(15)21-4/h5-10H,11H2,1-4H3. The monoisotopic (exact) mass is 284 g/mol. The Kier molecular flexibility index (Phi) is 4.63. The number of para-hydroxylation sites is 1. The zero-order valence-corrected chi connectivity index (χ0v) is 12.9. The Morgan fingerprint density at radius 1 is 1.00 bits per heavy atom. The van der Waals surface area contributed by atoms with E-state index in [-0.39, 0.29) is 5.78 Å². The minimum absolute atomic E-state index is 0.0222. The SMILES string of the molecule is COc1cccc(C(=O)Cc2ccc(C)c(C)c2)c1OC. The summed E-state index contributed by atoms with van der Waals surface area (Å²) in [7, 11) is 3.11. The van der Waals surface area contributed by atoms with Crippen molar-refractivity contribution in [1.29, 1.82) is 0 Å². The Morgan fingerprint density at radius 3 is 2.38 bits per heavy atom. The van der Waals surface area contributed by atoms with Crippen LogP contribution in [0.3, 0.4) is 0 Å². The number of methoxy groups -OCH3 is 2. The summed E-state index contributed by atoms with van der Waals surface area (Å²) in [5.41, 5.74) is 3.98. The van der Waals surface area contributed by atoms with Crippen molar-refractivity contribution < 1.29 is 14.3 Å². The van der Waals surface area contributed by atoms with Gasteiger partial charge in [-0.3, -0.25) is 4.79 Å². The number of hydrogen-bond acceptors (Lipinski definition) is 3. The molecule has 0 heterocycles. The first-order chi connectivity index (χ1) is 10.1. The number of benzene rings is 2. The van der Waals surface area contributed by atoms with Crippen LogP contribution in [-0.4, -0.2) is 20.0 Å². The number of aryl methyl sites for hydroxylation is 2. The van der Waals surface area contributed by atoms with Gasteiger partial charge in [0.1, 0.15) is 0 Å². The van der Waals surface area contributed by atoms with Crippen molar-refractivity contribution in [1.82, 2.24) is 0 Å². The van der Waals surface area contributed by atoms with Gasteiger partial charge in [0.05, 0.1) is 19.8 Å². The Labute approximate surface area is 125 Å². The first-order valence-corrected chi connectivity index (χ1v) is 6.87. The maximum absolute atomic E-state index is 12.5. The van der Waals surface area contributed by atoms with Crippen LogP contribution in [0.2, 0.25) is 0 Å². The first-order valence-electron chi connectivity index (χ1n) is 6.87. The predicted octanol–water partition coefficient (Wildman–Crippen LogP) is 3.75. The molecular formula is C18H20O3. The number of ketones is 1. The van der Waals surface area contributed by atoms with Gasteiger partial charge in [-0.1, -0.05) is 24.3 Å². The van der Waals surface area contributed by atoms with Gasteiger partial charge in [-0.2, -0.15) is 0 Å². The van der Waals surface area contributed by atoms with E-state index in [1.54, 1.807) is 32.4 Å². The molecule has 0 aromatic heterocycles. The second-order valence-corrected chi connectivity index (χ2v) is 5.06. The number of ether oxygens (including phenoxy) is 2. The molecule has 0 amide bonds. The Balaban J connectivity index is 2.30. The van der Waals surface area contributed by atoms with Gasteiger partial charge in [-0.25, -0.2) is 0 Å². The van der Waals surface area contributed by atoms with Crippen LogP contribution in [0.15, 0.2) is 36.4 Å². The highest BCUT2D eigenvalue weighted by molar-refractivity contribution is 6.00. The van der Waals surface area contributed by atoms with E-state index in [2.05, 4.69) is 19.9 Å². The minimum atomic E-state index is 0.0222. The quantitative estimate of drug-likeness (QED) is 0.784. The Hall–Kier alpha value is -2.29. The molecule has 0 atom stereocenters. The second kappa shape index (κ2) is 6.44. The zero-order valence-electron chi connectivity index (χ0n) is 12.9. The van der Waals surface area contributed by atoms with Gasteiger partial charge in [0.25, 0.3) is 0 Å². The van der Waals surface area contributed by atoms with Gasteiger partial charge in [0.2, 0.25) is 0 Å². The van der Waals surface area contributed by atoms with E-state index in [1.165, 1.54) is 11.1 Å². The molecule has 2 aromatic carbocycles. The van der Waals surface area contributed by atoms with E-state index in [0.29, 0.717) is 23.5 Å². The third-order valence-electron chi connectivity index (χ3n) is 3.64. The van der Waals surface area contributed by atoms with Crippen LogP contribution in [0, 0.1) is 13.8 Å². The smallest absolute Gasteiger partial charge is 0.171 e. The van der Waals surface area contributed by atoms with Gasteiger partial charge in [0, 0.05) is 6.42 Å². The highest BCUT2D eigenvalue weighted by Gasteiger charge is 2.16. The van der Waals surface area contributed by atoms with E-state index in [4.69, 9.17) is 9.47 Å². The van der Waals surface area contributed by atoms with Crippen molar-refractivity contribution in [3.8, 4) is 11.5 Å². The van der Waals surface area contributed by atoms with Crippen molar-refractivity contribution in [2.75, 3.05) is 14.2 Å². The largest absolute Gasteiger partial charge is 0.493 e. The van der Waals surface area contributed by atoms with E-state index < -0.39 is 0 Å². The summed E-state index contributed by atoms with van der Waals surface area (Å²) in [5.74, 6) is 1.09. The van der Waals surface area contributed by atoms with Crippen molar-refractivity contribution >= 4 is 5.78 Å². The third-order valence-corrected chi connectivity index (χ3v) is 3.64. The van der Waals surface area contributed by atoms with E-state index in [0.717, 1.165) is 5.56 Å². The summed E-state index contributed by atoms with van der Waals surface area (Å²) < 4.78 is 10.6. The highest BCUT2D eigenvalue weighted by atomic mass is 16.5. The fourth-order valence-corrected chi connectivity index (χ4v) is 2.30. The summed E-state index contributed by atoms with van der Waals surface area (Å²) >= 11 is 0. The van der Waals surface area contributed by atoms with Crippen molar-refractivity contribution in [3.63, 3.8) is 0 Å². The molecule has 2 aromatic rings. The normalized spacial score (nSPS) is 10.3. The van der Waals surface area contributed by atoms with E-state index in [9.17, 15) is 4.79 Å². The summed E-state index contributed by atoms with van der Waals surface area (Å²) in [6.07, 6.45) is 0.352. The van der Waals surface area contributed by atoms with Crippen LogP contribution in [0.1, 0.15) is 27.0 Å². The summed E-state index contributed by atoms with van der Waals surface area (Å²) in [6.45, 7) is 4.11. The van der Waals surface area contributed by atoms with Crippen molar-refractivity contribution in [2.45, 2.75) is 20.3 Å². The average molecular weight is 284 g/mol. The first kappa shape index (κ1) is 15.1. The fraction of sp³-hybridized carbons (Fsp3) is 0.278. The molecule has 21 heavy (non-hydrogen) atoms. The maximum Gasteiger partial charge on any atom is 0.171 e. The summed E-state index contributed by atoms with van der Waals surface area (Å²) in [5, 5.41) is 0. The van der Waals surface area contributed by atoms with Crippen molar-refractivity contribution in [2.24, 2.45) is 0 Å². The van der Waals surface area contributed by atoms with Crippen LogP contribution >= 0.6 is 0 Å². The van der Waals surface area contributed by atoms with Gasteiger partial charge in [-0.05, 0) is 42.7 Å². The topological polar surface area (TPSA) is 35.5 Å². The molecule has 0 N–H and O–H groups in total. The number of carbonyl (C=O) groups is 1. The third kappa shape index (κ3) is 3.24. The van der Waals surface area contributed by atoms with E-state index >= 15 is 0 Å². The average Bonchev–Trinajstić information content (AvgIpc) is 2.49. The number of rotatable bonds is 5. The Bertz CT molecular complexity index is 660. The number of hydrogen-bond donors (Lipinski definition) is 0. The lowest BCUT2D eigenvalue weighted by atomic mass is 9.99. The lowest BCUT2D eigenvalue weighted by Crippen LogP contribution is -2.07. The van der Waals surface area contributed by atoms with Crippen molar-refractivity contribution in [3.05, 3.63) is 58.7 Å². The van der Waals surface area contributed by atoms with Gasteiger partial charge < -0.3 is 9.47 Å². The maximum atomic E-state index is 12.5. The molecule has 0 saturated heterocycles. The highest BCUT2D eigenvalue weighted by Crippen LogP contribution is 2.31. The van der Waals surface area contributed by atoms with Crippen LogP contribution in [0.25, 0.3) is 0 Å². The molecule has 0 spiro atoms. The Morgan fingerprint density at radius 2 is 1.76 bits per heavy atom. The molecule has 0 unspecified atom stereocenters. The molecule has 2 rings (SSSR count). The van der Waals surface area contributed by atoms with Gasteiger partial charge >= 0.3 is 0 Å². The minimum Gasteiger partial charge on any atom is -0.493 e. The molecule has 110 valence electrons. The van der Waals surface area contributed by atoms with Gasteiger partial charge in [0.15, 0.2) is 17.3 Å². The van der Waals surface area contributed by atoms with Crippen LogP contribution in [0.5, 0.6) is 11.5 Å². The zero-order chi connectivity index (χ0) is 15.4. The number of Topliss-reactive ketones (excluding diaryl/α,β-unsaturated/α-hetero) is 1. The molecule has 0 aliphatic carbocycles. The van der Waals surface area contributed by atoms with Gasteiger partial charge in [-0.15, -0.1) is 0 Å². The molecule has 0 aliphatic rings. The second-order valence-electron chi connectivity index (χ2n) is 5.06. The van der Waals surface area contributed by atoms with Crippen LogP contribution in [0.4, 0.5) is 0 Å². The predicted molar refractivity (Wildman–Crippen MR) is 83.5 cm³/mol. The molecule has 0 saturated carbocycles. The summed E-state index contributed by atoms with van der Waals surface area (Å²) in [4.78, 5) is 12.5. The van der Waals surface area contributed by atoms with Crippen LogP contribution in [-0.2, 0) is 6.42 Å². The molecule has 3 nitrogen and oxygen atoms in total. The lowest BCUT2D eigenvalue weighted by Gasteiger charge is -2.12. The fourth-order valence-electron chi connectivity index (χ4n) is 2.30. The molecule has 0 bridgehead atoms. The number of carbonyl (C=O) groups excluding carboxylic acids is 1.